The van der Waals surface area contributed by atoms with Crippen LogP contribution in [0.15, 0.2) is 72.6 Å². The van der Waals surface area contributed by atoms with Gasteiger partial charge in [-0.3, -0.25) is 14.6 Å². The van der Waals surface area contributed by atoms with Crippen molar-refractivity contribution in [2.24, 2.45) is 0 Å². The smallest absolute Gasteiger partial charge is 0.295 e. The summed E-state index contributed by atoms with van der Waals surface area (Å²) in [4.78, 5) is 31.2. The number of fused-ring (bicyclic) bond motifs is 1. The Morgan fingerprint density at radius 2 is 1.75 bits per heavy atom. The van der Waals surface area contributed by atoms with Gasteiger partial charge in [0, 0.05) is 24.5 Å². The van der Waals surface area contributed by atoms with E-state index in [0.29, 0.717) is 18.5 Å². The Morgan fingerprint density at radius 1 is 1.04 bits per heavy atom. The molecule has 1 aliphatic rings. The zero-order valence-corrected chi connectivity index (χ0v) is 15.5. The molecule has 1 atom stereocenters. The molecule has 1 aliphatic heterocycles. The topological polar surface area (TPSA) is 70.5 Å². The Bertz CT molecular complexity index is 1080. The van der Waals surface area contributed by atoms with Crippen LogP contribution in [-0.2, 0) is 9.59 Å². The van der Waals surface area contributed by atoms with Crippen molar-refractivity contribution < 1.29 is 14.7 Å². The average Bonchev–Trinajstić information content (AvgIpc) is 2.98. The molecule has 5 heteroatoms. The van der Waals surface area contributed by atoms with Gasteiger partial charge < -0.3 is 10.0 Å². The van der Waals surface area contributed by atoms with Gasteiger partial charge in [0.2, 0.25) is 0 Å². The average molecular weight is 372 g/mol. The highest BCUT2D eigenvalue weighted by Gasteiger charge is 2.46. The van der Waals surface area contributed by atoms with E-state index in [0.717, 1.165) is 16.3 Å². The lowest BCUT2D eigenvalue weighted by Gasteiger charge is -2.26. The van der Waals surface area contributed by atoms with Crippen molar-refractivity contribution >= 4 is 28.2 Å². The van der Waals surface area contributed by atoms with Crippen LogP contribution >= 0.6 is 0 Å². The molecule has 0 aliphatic carbocycles. The number of hydrogen-bond donors (Lipinski definition) is 1. The quantitative estimate of drug-likeness (QED) is 0.426. The number of benzene rings is 2. The monoisotopic (exact) mass is 372 g/mol. The fourth-order valence-corrected chi connectivity index (χ4v) is 3.83. The van der Waals surface area contributed by atoms with E-state index in [1.54, 1.807) is 29.4 Å². The highest BCUT2D eigenvalue weighted by atomic mass is 16.3. The van der Waals surface area contributed by atoms with E-state index in [1.807, 2.05) is 49.4 Å². The number of aliphatic hydroxyl groups excluding tert-OH is 1. The summed E-state index contributed by atoms with van der Waals surface area (Å²) in [5, 5.41) is 12.9. The summed E-state index contributed by atoms with van der Waals surface area (Å²) in [6.45, 7) is 2.40. The number of ketones is 1. The minimum Gasteiger partial charge on any atom is -0.507 e. The van der Waals surface area contributed by atoms with E-state index in [9.17, 15) is 14.7 Å². The molecule has 1 fully saturated rings. The van der Waals surface area contributed by atoms with Crippen molar-refractivity contribution in [1.82, 2.24) is 9.88 Å². The SMILES string of the molecule is CCCN1C(=O)C(=O)/C(=C(\O)c2ccncc2)C1c1cccc2ccccc12. The number of carbonyl (C=O) groups is 2. The van der Waals surface area contributed by atoms with Gasteiger partial charge in [-0.25, -0.2) is 0 Å². The van der Waals surface area contributed by atoms with Crippen LogP contribution < -0.4 is 0 Å². The fourth-order valence-electron chi connectivity index (χ4n) is 3.83. The Hall–Kier alpha value is -3.47. The van der Waals surface area contributed by atoms with E-state index >= 15 is 0 Å². The summed E-state index contributed by atoms with van der Waals surface area (Å²) in [7, 11) is 0. The second-order valence-electron chi connectivity index (χ2n) is 6.80. The lowest BCUT2D eigenvalue weighted by atomic mass is 9.92. The van der Waals surface area contributed by atoms with Gasteiger partial charge in [0.1, 0.15) is 5.76 Å². The van der Waals surface area contributed by atoms with Crippen molar-refractivity contribution in [3.63, 3.8) is 0 Å². The lowest BCUT2D eigenvalue weighted by Crippen LogP contribution is -2.30. The molecule has 140 valence electrons. The summed E-state index contributed by atoms with van der Waals surface area (Å²) in [5.41, 5.74) is 1.43. The first-order chi connectivity index (χ1) is 13.6. The van der Waals surface area contributed by atoms with Gasteiger partial charge in [-0.05, 0) is 34.9 Å². The maximum atomic E-state index is 12.9. The summed E-state index contributed by atoms with van der Waals surface area (Å²) in [6.07, 6.45) is 3.80. The number of Topliss-reactive ketones (excluding diaryl/α,β-unsaturated/α-hetero) is 1. The van der Waals surface area contributed by atoms with Gasteiger partial charge >= 0.3 is 0 Å². The summed E-state index contributed by atoms with van der Waals surface area (Å²) >= 11 is 0. The third kappa shape index (κ3) is 2.85. The third-order valence-corrected chi connectivity index (χ3v) is 5.08. The number of amides is 1. The zero-order chi connectivity index (χ0) is 19.7. The molecule has 1 saturated heterocycles. The molecule has 0 saturated carbocycles. The van der Waals surface area contributed by atoms with Crippen LogP contribution in [0.5, 0.6) is 0 Å². The van der Waals surface area contributed by atoms with Crippen LogP contribution in [-0.4, -0.2) is 33.2 Å². The van der Waals surface area contributed by atoms with E-state index in [-0.39, 0.29) is 11.3 Å². The van der Waals surface area contributed by atoms with Gasteiger partial charge in [0.05, 0.1) is 11.6 Å². The minimum atomic E-state index is -0.652. The van der Waals surface area contributed by atoms with Crippen molar-refractivity contribution in [2.45, 2.75) is 19.4 Å². The molecule has 1 N–H and O–H groups in total. The molecule has 0 radical (unpaired) electrons. The van der Waals surface area contributed by atoms with E-state index in [1.165, 1.54) is 0 Å². The van der Waals surface area contributed by atoms with E-state index in [4.69, 9.17) is 0 Å². The number of likely N-dealkylation sites (tertiary alicyclic amines) is 1. The van der Waals surface area contributed by atoms with Crippen molar-refractivity contribution in [3.05, 3.63) is 83.7 Å². The summed E-state index contributed by atoms with van der Waals surface area (Å²) in [5.74, 6) is -1.40. The highest BCUT2D eigenvalue weighted by molar-refractivity contribution is 6.46. The van der Waals surface area contributed by atoms with Crippen LogP contribution in [0.4, 0.5) is 0 Å². The number of aliphatic hydroxyl groups is 1. The maximum absolute atomic E-state index is 12.9. The molecule has 1 unspecified atom stereocenters. The van der Waals surface area contributed by atoms with Crippen LogP contribution in [0.1, 0.15) is 30.5 Å². The third-order valence-electron chi connectivity index (χ3n) is 5.08. The largest absolute Gasteiger partial charge is 0.507 e. The van der Waals surface area contributed by atoms with Crippen molar-refractivity contribution in [1.29, 1.82) is 0 Å². The molecule has 3 aromatic rings. The first kappa shape index (κ1) is 17.9. The number of aromatic nitrogens is 1. The predicted molar refractivity (Wildman–Crippen MR) is 107 cm³/mol. The molecule has 28 heavy (non-hydrogen) atoms. The van der Waals surface area contributed by atoms with Crippen LogP contribution in [0.3, 0.4) is 0 Å². The summed E-state index contributed by atoms with van der Waals surface area (Å²) < 4.78 is 0. The molecule has 0 spiro atoms. The van der Waals surface area contributed by atoms with Crippen molar-refractivity contribution in [2.75, 3.05) is 6.54 Å². The first-order valence-corrected chi connectivity index (χ1v) is 9.30. The zero-order valence-electron chi connectivity index (χ0n) is 15.5. The fraction of sp³-hybridized carbons (Fsp3) is 0.174. The minimum absolute atomic E-state index is 0.126. The van der Waals surface area contributed by atoms with Gasteiger partial charge in [0.25, 0.3) is 11.7 Å². The number of rotatable bonds is 4. The Kier molecular flexibility index (Phi) is 4.65. The molecule has 1 amide bonds. The van der Waals surface area contributed by atoms with Gasteiger partial charge in [-0.2, -0.15) is 0 Å². The van der Waals surface area contributed by atoms with Crippen LogP contribution in [0, 0.1) is 0 Å². The molecular weight excluding hydrogens is 352 g/mol. The molecular formula is C23H20N2O3. The molecule has 2 heterocycles. The van der Waals surface area contributed by atoms with Gasteiger partial charge in [-0.15, -0.1) is 0 Å². The van der Waals surface area contributed by atoms with Crippen LogP contribution in [0.2, 0.25) is 0 Å². The number of hydrogen-bond acceptors (Lipinski definition) is 4. The molecule has 4 rings (SSSR count). The van der Waals surface area contributed by atoms with E-state index in [2.05, 4.69) is 4.98 Å². The maximum Gasteiger partial charge on any atom is 0.295 e. The summed E-state index contributed by atoms with van der Waals surface area (Å²) in [6, 6.07) is 16.3. The molecule has 5 nitrogen and oxygen atoms in total. The Labute approximate surface area is 162 Å². The van der Waals surface area contributed by atoms with Crippen LogP contribution in [0.25, 0.3) is 16.5 Å². The van der Waals surface area contributed by atoms with E-state index < -0.39 is 17.7 Å². The normalized spacial score (nSPS) is 18.8. The number of pyridine rings is 1. The van der Waals surface area contributed by atoms with Gasteiger partial charge in [0.15, 0.2) is 0 Å². The molecule has 2 aromatic carbocycles. The predicted octanol–water partition coefficient (Wildman–Crippen LogP) is 4.07. The standard InChI is InChI=1S/C23H20N2O3/c1-2-14-25-20(18-9-5-7-15-6-3-4-8-17(15)18)19(22(27)23(25)28)21(26)16-10-12-24-13-11-16/h3-13,20,26H,2,14H2,1H3/b21-19-. The lowest BCUT2D eigenvalue weighted by molar-refractivity contribution is -0.139. The second kappa shape index (κ2) is 7.27. The second-order valence-corrected chi connectivity index (χ2v) is 6.80. The van der Waals surface area contributed by atoms with Crippen molar-refractivity contribution in [3.8, 4) is 0 Å². The van der Waals surface area contributed by atoms with Gasteiger partial charge in [-0.1, -0.05) is 49.4 Å². The molecule has 1 aromatic heterocycles. The number of nitrogens with zero attached hydrogens (tertiary/aromatic N) is 2. The number of carbonyl (C=O) groups excluding carboxylic acids is 2. The highest BCUT2D eigenvalue weighted by Crippen LogP contribution is 2.41. The Morgan fingerprint density at radius 3 is 2.50 bits per heavy atom. The first-order valence-electron chi connectivity index (χ1n) is 9.30. The Balaban J connectivity index is 1.98. The molecule has 0 bridgehead atoms.